The van der Waals surface area contributed by atoms with E-state index in [0.29, 0.717) is 25.4 Å². The zero-order chi connectivity index (χ0) is 12.8. The first kappa shape index (κ1) is 12.4. The van der Waals surface area contributed by atoms with Crippen molar-refractivity contribution >= 4 is 0 Å². The number of ether oxygens (including phenoxy) is 1. The third-order valence-corrected chi connectivity index (χ3v) is 2.46. The minimum atomic E-state index is 0.185. The highest BCUT2D eigenvalue weighted by Gasteiger charge is 2.07. The minimum Gasteiger partial charge on any atom is -0.504 e. The molecule has 0 saturated heterocycles. The molecule has 0 fully saturated rings. The Hall–Kier alpha value is -2.08. The zero-order valence-corrected chi connectivity index (χ0v) is 10.2. The van der Waals surface area contributed by atoms with Crippen molar-refractivity contribution < 1.29 is 9.84 Å². The predicted octanol–water partition coefficient (Wildman–Crippen LogP) is 1.20. The van der Waals surface area contributed by atoms with Gasteiger partial charge in [0, 0.05) is 12.1 Å². The van der Waals surface area contributed by atoms with E-state index in [9.17, 15) is 5.11 Å². The van der Waals surface area contributed by atoms with Gasteiger partial charge in [-0.2, -0.15) is 5.10 Å². The lowest BCUT2D eigenvalue weighted by molar-refractivity contribution is 0.316. The number of nitrogens with one attached hydrogen (secondary N) is 2. The summed E-state index contributed by atoms with van der Waals surface area (Å²) < 4.78 is 5.32. The third kappa shape index (κ3) is 2.98. The molecule has 1 heterocycles. The number of rotatable bonds is 6. The van der Waals surface area contributed by atoms with Gasteiger partial charge in [0.1, 0.15) is 12.2 Å². The van der Waals surface area contributed by atoms with Crippen molar-refractivity contribution in [3.05, 3.63) is 35.9 Å². The van der Waals surface area contributed by atoms with Gasteiger partial charge in [-0.05, 0) is 13.0 Å². The van der Waals surface area contributed by atoms with E-state index in [2.05, 4.69) is 20.5 Å². The number of H-pyrrole nitrogens is 1. The van der Waals surface area contributed by atoms with Gasteiger partial charge >= 0.3 is 0 Å². The van der Waals surface area contributed by atoms with Gasteiger partial charge in [-0.3, -0.25) is 5.10 Å². The maximum Gasteiger partial charge on any atom is 0.162 e. The highest BCUT2D eigenvalue weighted by atomic mass is 16.5. The van der Waals surface area contributed by atoms with Crippen molar-refractivity contribution in [2.45, 2.75) is 20.0 Å². The van der Waals surface area contributed by atoms with Crippen molar-refractivity contribution in [3.63, 3.8) is 0 Å². The maximum atomic E-state index is 9.98. The molecular formula is C12H16N4O2. The van der Waals surface area contributed by atoms with Crippen LogP contribution in [0.4, 0.5) is 0 Å². The van der Waals surface area contributed by atoms with Crippen LogP contribution in [-0.2, 0) is 13.1 Å². The van der Waals surface area contributed by atoms with Crippen LogP contribution in [0.25, 0.3) is 0 Å². The Morgan fingerprint density at radius 3 is 3.00 bits per heavy atom. The predicted molar refractivity (Wildman–Crippen MR) is 66.2 cm³/mol. The number of nitrogens with zero attached hydrogens (tertiary/aromatic N) is 2. The lowest BCUT2D eigenvalue weighted by Crippen LogP contribution is -2.14. The molecule has 6 heteroatoms. The number of phenols is 1. The number of phenolic OH excluding ortho intramolecular Hbond substituents is 1. The Morgan fingerprint density at radius 2 is 2.28 bits per heavy atom. The van der Waals surface area contributed by atoms with Crippen LogP contribution in [0, 0.1) is 0 Å². The summed E-state index contributed by atoms with van der Waals surface area (Å²) in [4.78, 5) is 4.00. The van der Waals surface area contributed by atoms with E-state index in [0.717, 1.165) is 11.4 Å². The van der Waals surface area contributed by atoms with Crippen LogP contribution in [0.2, 0.25) is 0 Å². The van der Waals surface area contributed by atoms with E-state index < -0.39 is 0 Å². The summed E-state index contributed by atoms with van der Waals surface area (Å²) in [6.07, 6.45) is 1.46. The summed E-state index contributed by atoms with van der Waals surface area (Å²) in [7, 11) is 0. The highest BCUT2D eigenvalue weighted by Crippen LogP contribution is 2.29. The second-order valence-electron chi connectivity index (χ2n) is 3.73. The largest absolute Gasteiger partial charge is 0.504 e. The molecule has 0 unspecified atom stereocenters. The highest BCUT2D eigenvalue weighted by molar-refractivity contribution is 5.45. The van der Waals surface area contributed by atoms with Gasteiger partial charge in [-0.15, -0.1) is 0 Å². The van der Waals surface area contributed by atoms with E-state index in [1.807, 2.05) is 19.1 Å². The van der Waals surface area contributed by atoms with Crippen LogP contribution in [0.1, 0.15) is 18.3 Å². The molecule has 0 saturated carbocycles. The molecule has 2 rings (SSSR count). The minimum absolute atomic E-state index is 0.185. The molecule has 96 valence electrons. The molecule has 6 nitrogen and oxygen atoms in total. The van der Waals surface area contributed by atoms with Crippen LogP contribution >= 0.6 is 0 Å². The summed E-state index contributed by atoms with van der Waals surface area (Å²) in [5, 5.41) is 19.7. The Balaban J connectivity index is 1.94. The molecule has 0 spiro atoms. The van der Waals surface area contributed by atoms with Crippen LogP contribution < -0.4 is 10.1 Å². The zero-order valence-electron chi connectivity index (χ0n) is 10.2. The number of hydrogen-bond donors (Lipinski definition) is 3. The molecule has 18 heavy (non-hydrogen) atoms. The van der Waals surface area contributed by atoms with Gasteiger partial charge in [0.25, 0.3) is 0 Å². The van der Waals surface area contributed by atoms with E-state index in [1.165, 1.54) is 6.33 Å². The average Bonchev–Trinajstić information content (AvgIpc) is 2.87. The van der Waals surface area contributed by atoms with E-state index in [-0.39, 0.29) is 5.75 Å². The maximum absolute atomic E-state index is 9.98. The molecular weight excluding hydrogens is 232 g/mol. The second-order valence-corrected chi connectivity index (χ2v) is 3.73. The molecule has 0 atom stereocenters. The molecule has 0 amide bonds. The molecule has 3 N–H and O–H groups in total. The summed E-state index contributed by atoms with van der Waals surface area (Å²) in [5.41, 5.74) is 0.792. The summed E-state index contributed by atoms with van der Waals surface area (Å²) in [5.74, 6) is 1.45. The lowest BCUT2D eigenvalue weighted by Gasteiger charge is -2.10. The van der Waals surface area contributed by atoms with Crippen molar-refractivity contribution in [1.29, 1.82) is 0 Å². The van der Waals surface area contributed by atoms with Crippen LogP contribution in [-0.4, -0.2) is 26.9 Å². The fourth-order valence-corrected chi connectivity index (χ4v) is 1.61. The number of benzene rings is 1. The molecule has 0 radical (unpaired) electrons. The molecule has 2 aromatic rings. The Morgan fingerprint density at radius 1 is 1.39 bits per heavy atom. The van der Waals surface area contributed by atoms with E-state index >= 15 is 0 Å². The first-order chi connectivity index (χ1) is 8.81. The molecule has 1 aromatic heterocycles. The van der Waals surface area contributed by atoms with Crippen molar-refractivity contribution in [3.8, 4) is 11.5 Å². The van der Waals surface area contributed by atoms with Gasteiger partial charge in [-0.1, -0.05) is 12.1 Å². The SMILES string of the molecule is CCOc1cccc(CNCc2ncn[nH]2)c1O. The second kappa shape index (κ2) is 6.02. The summed E-state index contributed by atoms with van der Waals surface area (Å²) in [6.45, 7) is 3.52. The number of aromatic amines is 1. The van der Waals surface area contributed by atoms with Crippen molar-refractivity contribution in [1.82, 2.24) is 20.5 Å². The topological polar surface area (TPSA) is 83.1 Å². The van der Waals surface area contributed by atoms with Gasteiger partial charge in [0.05, 0.1) is 13.2 Å². The Kier molecular flexibility index (Phi) is 4.14. The molecule has 0 aliphatic rings. The van der Waals surface area contributed by atoms with E-state index in [1.54, 1.807) is 6.07 Å². The Bertz CT molecular complexity index is 485. The van der Waals surface area contributed by atoms with Crippen molar-refractivity contribution in [2.75, 3.05) is 6.61 Å². The number of para-hydroxylation sites is 1. The van der Waals surface area contributed by atoms with E-state index in [4.69, 9.17) is 4.74 Å². The number of aromatic hydroxyl groups is 1. The smallest absolute Gasteiger partial charge is 0.162 e. The standard InChI is InChI=1S/C12H16N4O2/c1-2-18-10-5-3-4-9(12(10)17)6-13-7-11-14-8-15-16-11/h3-5,8,13,17H,2,6-7H2,1H3,(H,14,15,16). The first-order valence-corrected chi connectivity index (χ1v) is 5.80. The van der Waals surface area contributed by atoms with Crippen LogP contribution in [0.15, 0.2) is 24.5 Å². The average molecular weight is 248 g/mol. The van der Waals surface area contributed by atoms with Crippen LogP contribution in [0.3, 0.4) is 0 Å². The third-order valence-electron chi connectivity index (χ3n) is 2.46. The van der Waals surface area contributed by atoms with Gasteiger partial charge in [-0.25, -0.2) is 4.98 Å². The normalized spacial score (nSPS) is 10.5. The van der Waals surface area contributed by atoms with Crippen molar-refractivity contribution in [2.24, 2.45) is 0 Å². The summed E-state index contributed by atoms with van der Waals surface area (Å²) in [6, 6.07) is 5.46. The number of hydrogen-bond acceptors (Lipinski definition) is 5. The fourth-order valence-electron chi connectivity index (χ4n) is 1.61. The Labute approximate surface area is 105 Å². The molecule has 0 aliphatic carbocycles. The molecule has 0 bridgehead atoms. The van der Waals surface area contributed by atoms with Crippen LogP contribution in [0.5, 0.6) is 11.5 Å². The quantitative estimate of drug-likeness (QED) is 0.715. The van der Waals surface area contributed by atoms with Gasteiger partial charge < -0.3 is 15.2 Å². The van der Waals surface area contributed by atoms with Gasteiger partial charge in [0.15, 0.2) is 11.5 Å². The first-order valence-electron chi connectivity index (χ1n) is 5.80. The molecule has 1 aromatic carbocycles. The molecule has 0 aliphatic heterocycles. The lowest BCUT2D eigenvalue weighted by atomic mass is 10.2. The number of aromatic nitrogens is 3. The summed E-state index contributed by atoms with van der Waals surface area (Å²) >= 11 is 0. The fraction of sp³-hybridized carbons (Fsp3) is 0.333. The van der Waals surface area contributed by atoms with Gasteiger partial charge in [0.2, 0.25) is 0 Å². The monoisotopic (exact) mass is 248 g/mol.